The highest BCUT2D eigenvalue weighted by molar-refractivity contribution is 7.16. The van der Waals surface area contributed by atoms with Gasteiger partial charge in [0.25, 0.3) is 6.71 Å². The van der Waals surface area contributed by atoms with E-state index >= 15 is 0 Å². The molecule has 0 saturated heterocycles. The summed E-state index contributed by atoms with van der Waals surface area (Å²) in [7, 11) is -2.02. The van der Waals surface area contributed by atoms with Gasteiger partial charge in [-0.3, -0.25) is 0 Å². The number of benzene rings is 7. The van der Waals surface area contributed by atoms with E-state index in [1.54, 1.807) is 10.4 Å². The SMILES string of the molecule is Cc1cc2c3c(c1)N(c1ccc4ccccc4c1)c1cccc4c1B3c1c(cccc1[Si]4(C)C)N2c1ccc2ccccc2c1. The van der Waals surface area contributed by atoms with Gasteiger partial charge in [0.15, 0.2) is 0 Å². The summed E-state index contributed by atoms with van der Waals surface area (Å²) in [6.07, 6.45) is 0. The predicted molar refractivity (Wildman–Crippen MR) is 197 cm³/mol. The Kier molecular flexibility index (Phi) is 4.93. The average molecular weight is 591 g/mol. The molecule has 7 aromatic rings. The highest BCUT2D eigenvalue weighted by Crippen LogP contribution is 2.45. The highest BCUT2D eigenvalue weighted by Gasteiger charge is 2.51. The van der Waals surface area contributed by atoms with Crippen molar-refractivity contribution in [2.45, 2.75) is 20.0 Å². The molecule has 0 unspecified atom stereocenters. The predicted octanol–water partition coefficient (Wildman–Crippen LogP) is 7.52. The first-order valence-corrected chi connectivity index (χ1v) is 19.0. The second-order valence-corrected chi connectivity index (χ2v) is 17.8. The van der Waals surface area contributed by atoms with Crippen molar-refractivity contribution >= 4 is 97.2 Å². The minimum Gasteiger partial charge on any atom is -0.311 e. The van der Waals surface area contributed by atoms with Gasteiger partial charge >= 0.3 is 0 Å². The molecule has 0 spiro atoms. The molecule has 0 aromatic heterocycles. The Morgan fingerprint density at radius 3 is 1.40 bits per heavy atom. The highest BCUT2D eigenvalue weighted by atomic mass is 28.3. The maximum atomic E-state index is 2.57. The lowest BCUT2D eigenvalue weighted by Gasteiger charge is -2.50. The fourth-order valence-electron chi connectivity index (χ4n) is 8.64. The summed E-state index contributed by atoms with van der Waals surface area (Å²) in [5.74, 6) is 0. The van der Waals surface area contributed by atoms with Crippen LogP contribution in [0, 0.1) is 6.92 Å². The molecular weight excluding hydrogens is 559 g/mol. The normalized spacial score (nSPS) is 15.0. The molecule has 0 saturated carbocycles. The molecule has 10 rings (SSSR count). The van der Waals surface area contributed by atoms with Gasteiger partial charge in [0.2, 0.25) is 0 Å². The molecule has 4 heteroatoms. The summed E-state index contributed by atoms with van der Waals surface area (Å²) in [5.41, 5.74) is 13.4. The van der Waals surface area contributed by atoms with Crippen molar-refractivity contribution in [3.8, 4) is 0 Å². The van der Waals surface area contributed by atoms with Gasteiger partial charge in [-0.2, -0.15) is 0 Å². The number of nitrogens with zero attached hydrogens (tertiary/aromatic N) is 2. The zero-order chi connectivity index (χ0) is 30.0. The lowest BCUT2D eigenvalue weighted by molar-refractivity contribution is 1.24. The lowest BCUT2D eigenvalue weighted by Crippen LogP contribution is -2.79. The van der Waals surface area contributed by atoms with E-state index in [1.165, 1.54) is 77.6 Å². The van der Waals surface area contributed by atoms with Crippen molar-refractivity contribution in [3.63, 3.8) is 0 Å². The minimum absolute atomic E-state index is 0.210. The number of aryl methyl sites for hydroxylation is 1. The van der Waals surface area contributed by atoms with E-state index in [2.05, 4.69) is 163 Å². The fraction of sp³-hybridized carbons (Fsp3) is 0.0732. The molecule has 0 fully saturated rings. The molecule has 0 atom stereocenters. The topological polar surface area (TPSA) is 6.48 Å². The van der Waals surface area contributed by atoms with Crippen LogP contribution in [-0.2, 0) is 0 Å². The van der Waals surface area contributed by atoms with Crippen LogP contribution in [0.1, 0.15) is 5.56 Å². The maximum absolute atomic E-state index is 2.57. The number of hydrogen-bond donors (Lipinski definition) is 0. The summed E-state index contributed by atoms with van der Waals surface area (Å²) >= 11 is 0. The zero-order valence-electron chi connectivity index (χ0n) is 25.7. The Balaban J connectivity index is 1.34. The second-order valence-electron chi connectivity index (χ2n) is 13.5. The largest absolute Gasteiger partial charge is 0.311 e. The van der Waals surface area contributed by atoms with E-state index < -0.39 is 8.07 Å². The Morgan fingerprint density at radius 1 is 0.444 bits per heavy atom. The number of fused-ring (bicyclic) bond motifs is 2. The van der Waals surface area contributed by atoms with Crippen molar-refractivity contribution < 1.29 is 0 Å². The molecule has 3 aliphatic heterocycles. The van der Waals surface area contributed by atoms with Gasteiger partial charge < -0.3 is 9.80 Å². The van der Waals surface area contributed by atoms with Gasteiger partial charge in [-0.05, 0) is 99.0 Å². The first-order chi connectivity index (χ1) is 22.0. The van der Waals surface area contributed by atoms with E-state index in [4.69, 9.17) is 0 Å². The fourth-order valence-corrected chi connectivity index (χ4v) is 11.9. The molecule has 3 aliphatic rings. The Labute approximate surface area is 265 Å². The Hall–Kier alpha value is -5.06. The zero-order valence-corrected chi connectivity index (χ0v) is 26.7. The molecule has 0 N–H and O–H groups in total. The van der Waals surface area contributed by atoms with E-state index in [-0.39, 0.29) is 6.71 Å². The molecule has 45 heavy (non-hydrogen) atoms. The summed E-state index contributed by atoms with van der Waals surface area (Å²) in [6, 6.07) is 50.4. The second kappa shape index (κ2) is 8.77. The van der Waals surface area contributed by atoms with Gasteiger partial charge in [0.1, 0.15) is 8.07 Å². The van der Waals surface area contributed by atoms with Gasteiger partial charge in [-0.1, -0.05) is 108 Å². The van der Waals surface area contributed by atoms with Crippen molar-refractivity contribution in [2.24, 2.45) is 0 Å². The van der Waals surface area contributed by atoms with Crippen molar-refractivity contribution in [1.29, 1.82) is 0 Å². The summed E-state index contributed by atoms with van der Waals surface area (Å²) in [4.78, 5) is 5.13. The number of anilines is 6. The standard InChI is InChI=1S/C41H31BN2Si/c1-26-22-35-39-36(23-26)44(32-21-19-28-11-5-7-13-30(28)25-32)34-15-9-17-38-41(34)42(39)40-33(14-8-16-37(40)45(38,2)3)43(35)31-20-18-27-10-4-6-12-29(27)24-31/h4-25H,1-3H3. The molecule has 7 aromatic carbocycles. The van der Waals surface area contributed by atoms with Crippen LogP contribution in [0.4, 0.5) is 34.1 Å². The third-order valence-electron chi connectivity index (χ3n) is 10.6. The van der Waals surface area contributed by atoms with Crippen LogP contribution < -0.4 is 36.6 Å². The third kappa shape index (κ3) is 3.30. The molecule has 0 bridgehead atoms. The first kappa shape index (κ1) is 25.3. The van der Waals surface area contributed by atoms with E-state index in [0.717, 1.165) is 0 Å². The monoisotopic (exact) mass is 590 g/mol. The van der Waals surface area contributed by atoms with Crippen LogP contribution in [0.15, 0.2) is 133 Å². The maximum Gasteiger partial charge on any atom is 0.251 e. The van der Waals surface area contributed by atoms with Gasteiger partial charge in [0.05, 0.1) is 0 Å². The molecule has 2 nitrogen and oxygen atoms in total. The van der Waals surface area contributed by atoms with Crippen molar-refractivity contribution in [1.82, 2.24) is 0 Å². The van der Waals surface area contributed by atoms with Crippen LogP contribution in [0.25, 0.3) is 21.5 Å². The smallest absolute Gasteiger partial charge is 0.251 e. The third-order valence-corrected chi connectivity index (χ3v) is 14.2. The summed E-state index contributed by atoms with van der Waals surface area (Å²) in [6.45, 7) is 7.56. The lowest BCUT2D eigenvalue weighted by atomic mass is 9.33. The summed E-state index contributed by atoms with van der Waals surface area (Å²) in [5, 5.41) is 8.21. The van der Waals surface area contributed by atoms with Crippen molar-refractivity contribution in [2.75, 3.05) is 9.80 Å². The van der Waals surface area contributed by atoms with Gasteiger partial charge in [0, 0.05) is 34.1 Å². The van der Waals surface area contributed by atoms with Crippen molar-refractivity contribution in [3.05, 3.63) is 139 Å². The van der Waals surface area contributed by atoms with E-state index in [9.17, 15) is 0 Å². The molecule has 212 valence electrons. The van der Waals surface area contributed by atoms with E-state index in [1.807, 2.05) is 0 Å². The number of hydrogen-bond acceptors (Lipinski definition) is 2. The van der Waals surface area contributed by atoms with E-state index in [0.29, 0.717) is 0 Å². The Morgan fingerprint density at radius 2 is 0.911 bits per heavy atom. The van der Waals surface area contributed by atoms with Gasteiger partial charge in [-0.25, -0.2) is 0 Å². The molecule has 0 aliphatic carbocycles. The van der Waals surface area contributed by atoms with Crippen LogP contribution in [0.3, 0.4) is 0 Å². The average Bonchev–Trinajstić information content (AvgIpc) is 3.06. The minimum atomic E-state index is -2.02. The number of rotatable bonds is 2. The molecular formula is C41H31BN2Si. The first-order valence-electron chi connectivity index (χ1n) is 16.0. The molecule has 3 heterocycles. The van der Waals surface area contributed by atoms with Gasteiger partial charge in [-0.15, -0.1) is 0 Å². The van der Waals surface area contributed by atoms with Crippen LogP contribution in [-0.4, -0.2) is 14.8 Å². The molecule has 0 radical (unpaired) electrons. The molecule has 0 amide bonds. The summed E-state index contributed by atoms with van der Waals surface area (Å²) < 4.78 is 0. The van der Waals surface area contributed by atoms with Crippen LogP contribution in [0.2, 0.25) is 13.1 Å². The van der Waals surface area contributed by atoms with Crippen LogP contribution >= 0.6 is 0 Å². The Bertz CT molecular complexity index is 2250. The quantitative estimate of drug-likeness (QED) is 0.192. The van der Waals surface area contributed by atoms with Crippen LogP contribution in [0.5, 0.6) is 0 Å².